The highest BCUT2D eigenvalue weighted by atomic mass is 19.4. The van der Waals surface area contributed by atoms with Crippen molar-refractivity contribution in [1.29, 1.82) is 0 Å². The molecule has 3 aliphatic rings. The van der Waals surface area contributed by atoms with Gasteiger partial charge in [0, 0.05) is 33.2 Å². The molecule has 32 heavy (non-hydrogen) atoms. The van der Waals surface area contributed by atoms with E-state index in [4.69, 9.17) is 0 Å². The predicted molar refractivity (Wildman–Crippen MR) is 110 cm³/mol. The number of amides is 3. The number of likely N-dealkylation sites (tertiary alicyclic amines) is 1. The third-order valence-corrected chi connectivity index (χ3v) is 6.41. The average molecular weight is 452 g/mol. The molecule has 6 nitrogen and oxygen atoms in total. The molecular weight excluding hydrogens is 428 g/mol. The molecule has 1 N–H and O–H groups in total. The van der Waals surface area contributed by atoms with Gasteiger partial charge in [-0.3, -0.25) is 9.79 Å². The van der Waals surface area contributed by atoms with Crippen LogP contribution >= 0.6 is 0 Å². The Labute approximate surface area is 183 Å². The van der Waals surface area contributed by atoms with Crippen molar-refractivity contribution in [2.75, 3.05) is 39.8 Å². The van der Waals surface area contributed by atoms with Gasteiger partial charge in [-0.05, 0) is 48.0 Å². The van der Waals surface area contributed by atoms with Crippen LogP contribution in [0.25, 0.3) is 0 Å². The van der Waals surface area contributed by atoms with Gasteiger partial charge in [-0.2, -0.15) is 13.2 Å². The van der Waals surface area contributed by atoms with Gasteiger partial charge in [-0.1, -0.05) is 12.1 Å². The zero-order chi connectivity index (χ0) is 23.0. The van der Waals surface area contributed by atoms with E-state index in [0.29, 0.717) is 44.6 Å². The Hall–Kier alpha value is -2.91. The summed E-state index contributed by atoms with van der Waals surface area (Å²) >= 11 is 0. The third-order valence-electron chi connectivity index (χ3n) is 6.41. The molecule has 0 radical (unpaired) electrons. The van der Waals surface area contributed by atoms with Gasteiger partial charge >= 0.3 is 12.2 Å². The molecule has 1 saturated heterocycles. The Kier molecular flexibility index (Phi) is 5.96. The summed E-state index contributed by atoms with van der Waals surface area (Å²) < 4.78 is 54.1. The van der Waals surface area contributed by atoms with Gasteiger partial charge < -0.3 is 15.1 Å². The van der Waals surface area contributed by atoms with Crippen molar-refractivity contribution in [3.63, 3.8) is 0 Å². The summed E-state index contributed by atoms with van der Waals surface area (Å²) in [6, 6.07) is 3.27. The van der Waals surface area contributed by atoms with E-state index in [-0.39, 0.29) is 30.6 Å². The highest BCUT2D eigenvalue weighted by Gasteiger charge is 2.40. The lowest BCUT2D eigenvalue weighted by Gasteiger charge is -2.34. The highest BCUT2D eigenvalue weighted by Crippen LogP contribution is 2.40. The van der Waals surface area contributed by atoms with Crippen molar-refractivity contribution in [3.05, 3.63) is 46.3 Å². The Morgan fingerprint density at radius 1 is 1.12 bits per heavy atom. The number of benzene rings is 1. The second-order valence-corrected chi connectivity index (χ2v) is 8.24. The lowest BCUT2D eigenvalue weighted by atomic mass is 9.85. The Morgan fingerprint density at radius 2 is 1.84 bits per heavy atom. The van der Waals surface area contributed by atoms with Gasteiger partial charge in [-0.15, -0.1) is 0 Å². The van der Waals surface area contributed by atoms with Crippen LogP contribution in [0.2, 0.25) is 0 Å². The summed E-state index contributed by atoms with van der Waals surface area (Å²) in [7, 11) is 1.57. The molecule has 172 valence electrons. The topological polar surface area (TPSA) is 65.0 Å². The van der Waals surface area contributed by atoms with Gasteiger partial charge in [0.25, 0.3) is 5.91 Å². The molecule has 1 fully saturated rings. The maximum Gasteiger partial charge on any atom is 0.419 e. The number of nitrogens with one attached hydrogen (secondary N) is 1. The zero-order valence-electron chi connectivity index (χ0n) is 17.6. The minimum atomic E-state index is -4.77. The SMILES string of the molecule is CNC(=O)N1CCC2=C(CN=C2C(=O)N2CCC(c3cccc(F)c3C(F)(F)F)CC2)C1. The molecule has 1 aromatic rings. The standard InChI is InChI=1S/C22H24F4N4O2/c1-27-21(32)30-10-7-16-14(12-30)11-28-19(16)20(31)29-8-5-13(6-9-29)15-3-2-4-17(23)18(15)22(24,25)26/h2-4,13H,5-12H2,1H3,(H,27,32). The highest BCUT2D eigenvalue weighted by molar-refractivity contribution is 6.46. The Balaban J connectivity index is 1.43. The van der Waals surface area contributed by atoms with E-state index in [2.05, 4.69) is 10.3 Å². The van der Waals surface area contributed by atoms with E-state index < -0.39 is 23.5 Å². The zero-order valence-corrected chi connectivity index (χ0v) is 17.6. The smallest absolute Gasteiger partial charge is 0.341 e. The predicted octanol–water partition coefficient (Wildman–Crippen LogP) is 3.35. The lowest BCUT2D eigenvalue weighted by Crippen LogP contribution is -2.45. The fraction of sp³-hybridized carbons (Fsp3) is 0.500. The number of piperidine rings is 1. The fourth-order valence-corrected chi connectivity index (χ4v) is 4.78. The summed E-state index contributed by atoms with van der Waals surface area (Å²) in [4.78, 5) is 32.6. The van der Waals surface area contributed by atoms with E-state index in [1.165, 1.54) is 12.1 Å². The van der Waals surface area contributed by atoms with E-state index in [1.807, 2.05) is 0 Å². The van der Waals surface area contributed by atoms with E-state index in [9.17, 15) is 27.2 Å². The van der Waals surface area contributed by atoms with Crippen LogP contribution in [0.5, 0.6) is 0 Å². The second-order valence-electron chi connectivity index (χ2n) is 8.24. The molecule has 0 aromatic heterocycles. The molecule has 1 aromatic carbocycles. The van der Waals surface area contributed by atoms with Crippen LogP contribution in [0.1, 0.15) is 36.3 Å². The number of rotatable bonds is 2. The van der Waals surface area contributed by atoms with Gasteiger partial charge in [0.15, 0.2) is 0 Å². The van der Waals surface area contributed by atoms with Crippen molar-refractivity contribution in [3.8, 4) is 0 Å². The third kappa shape index (κ3) is 4.10. The van der Waals surface area contributed by atoms with Gasteiger partial charge in [0.05, 0.1) is 12.1 Å². The van der Waals surface area contributed by atoms with Crippen molar-refractivity contribution in [2.24, 2.45) is 4.99 Å². The largest absolute Gasteiger partial charge is 0.419 e. The number of hydrogen-bond acceptors (Lipinski definition) is 3. The van der Waals surface area contributed by atoms with E-state index >= 15 is 0 Å². The molecule has 10 heteroatoms. The first kappa shape index (κ1) is 22.3. The quantitative estimate of drug-likeness (QED) is 0.700. The van der Waals surface area contributed by atoms with Crippen LogP contribution in [0, 0.1) is 5.82 Å². The number of carbonyl (C=O) groups is 2. The molecule has 3 amide bonds. The molecule has 0 aliphatic carbocycles. The van der Waals surface area contributed by atoms with Crippen LogP contribution in [0.15, 0.2) is 34.3 Å². The maximum atomic E-state index is 13.9. The molecule has 0 bridgehead atoms. The van der Waals surface area contributed by atoms with Crippen LogP contribution in [0.4, 0.5) is 22.4 Å². The van der Waals surface area contributed by atoms with Crippen molar-refractivity contribution in [1.82, 2.24) is 15.1 Å². The van der Waals surface area contributed by atoms with Gasteiger partial charge in [0.1, 0.15) is 11.5 Å². The number of hydrogen-bond donors (Lipinski definition) is 1. The molecule has 0 unspecified atom stereocenters. The average Bonchev–Trinajstić information content (AvgIpc) is 3.20. The number of halogens is 4. The van der Waals surface area contributed by atoms with Crippen molar-refractivity contribution >= 4 is 17.6 Å². The monoisotopic (exact) mass is 452 g/mol. The number of nitrogens with zero attached hydrogens (tertiary/aromatic N) is 3. The van der Waals surface area contributed by atoms with Crippen LogP contribution in [0.3, 0.4) is 0 Å². The summed E-state index contributed by atoms with van der Waals surface area (Å²) in [6.45, 7) is 1.86. The first-order chi connectivity index (χ1) is 15.2. The summed E-state index contributed by atoms with van der Waals surface area (Å²) in [5.74, 6) is -1.96. The van der Waals surface area contributed by atoms with Crippen molar-refractivity contribution < 1.29 is 27.2 Å². The Morgan fingerprint density at radius 3 is 2.50 bits per heavy atom. The lowest BCUT2D eigenvalue weighted by molar-refractivity contribution is -0.141. The first-order valence-corrected chi connectivity index (χ1v) is 10.6. The summed E-state index contributed by atoms with van der Waals surface area (Å²) in [5.41, 5.74) is 0.975. The number of aliphatic imine (C=N–C) groups is 1. The molecular formula is C22H24F4N4O2. The number of urea groups is 1. The summed E-state index contributed by atoms with van der Waals surface area (Å²) in [5, 5.41) is 2.59. The van der Waals surface area contributed by atoms with Gasteiger partial charge in [-0.25, -0.2) is 9.18 Å². The minimum Gasteiger partial charge on any atom is -0.341 e. The molecule has 0 saturated carbocycles. The fourth-order valence-electron chi connectivity index (χ4n) is 4.78. The molecule has 0 spiro atoms. The van der Waals surface area contributed by atoms with E-state index in [1.54, 1.807) is 16.8 Å². The van der Waals surface area contributed by atoms with Crippen LogP contribution < -0.4 is 5.32 Å². The maximum absolute atomic E-state index is 13.9. The molecule has 3 aliphatic heterocycles. The van der Waals surface area contributed by atoms with Crippen LogP contribution in [-0.4, -0.2) is 67.2 Å². The molecule has 3 heterocycles. The molecule has 0 atom stereocenters. The normalized spacial score (nSPS) is 19.7. The number of alkyl halides is 3. The second kappa shape index (κ2) is 8.55. The van der Waals surface area contributed by atoms with Crippen molar-refractivity contribution in [2.45, 2.75) is 31.4 Å². The van der Waals surface area contributed by atoms with E-state index in [0.717, 1.165) is 17.2 Å². The molecule has 4 rings (SSSR count). The number of carbonyl (C=O) groups excluding carboxylic acids is 2. The van der Waals surface area contributed by atoms with Crippen LogP contribution in [-0.2, 0) is 11.0 Å². The summed E-state index contributed by atoms with van der Waals surface area (Å²) in [6.07, 6.45) is -3.58. The van der Waals surface area contributed by atoms with Gasteiger partial charge in [0.2, 0.25) is 0 Å². The minimum absolute atomic E-state index is 0.0469. The Bertz CT molecular complexity index is 994. The first-order valence-electron chi connectivity index (χ1n) is 10.6.